The summed E-state index contributed by atoms with van der Waals surface area (Å²) < 4.78 is 1.95. The Hall–Kier alpha value is -1.82. The van der Waals surface area contributed by atoms with Gasteiger partial charge in [-0.1, -0.05) is 13.0 Å². The monoisotopic (exact) mass is 319 g/mol. The second-order valence-corrected chi connectivity index (χ2v) is 6.42. The number of nitrogens with one attached hydrogen (secondary N) is 2. The van der Waals surface area contributed by atoms with Gasteiger partial charge in [-0.3, -0.25) is 9.67 Å². The number of rotatable bonds is 8. The van der Waals surface area contributed by atoms with Crippen molar-refractivity contribution in [2.24, 2.45) is 10.9 Å². The number of aliphatic imine (C=N–C) groups is 1. The fourth-order valence-corrected chi connectivity index (χ4v) is 3.09. The second-order valence-electron chi connectivity index (χ2n) is 5.39. The first kappa shape index (κ1) is 16.5. The van der Waals surface area contributed by atoms with Gasteiger partial charge < -0.3 is 10.6 Å². The topological polar surface area (TPSA) is 54.2 Å². The fourth-order valence-electron chi connectivity index (χ4n) is 2.22. The van der Waals surface area contributed by atoms with E-state index in [1.807, 2.05) is 41.5 Å². The molecule has 0 bridgehead atoms. The average molecular weight is 319 g/mol. The summed E-state index contributed by atoms with van der Waals surface area (Å²) in [5.41, 5.74) is 0. The highest BCUT2D eigenvalue weighted by Crippen LogP contribution is 2.13. The first-order valence-electron chi connectivity index (χ1n) is 7.72. The van der Waals surface area contributed by atoms with Crippen LogP contribution >= 0.6 is 11.3 Å². The molecule has 2 heterocycles. The zero-order valence-electron chi connectivity index (χ0n) is 13.3. The van der Waals surface area contributed by atoms with Crippen LogP contribution in [-0.2, 0) is 13.0 Å². The molecule has 1 unspecified atom stereocenters. The maximum atomic E-state index is 4.27. The van der Waals surface area contributed by atoms with Crippen molar-refractivity contribution in [2.45, 2.75) is 26.3 Å². The lowest BCUT2D eigenvalue weighted by Gasteiger charge is -2.15. The van der Waals surface area contributed by atoms with Gasteiger partial charge in [0.25, 0.3) is 0 Å². The predicted octanol–water partition coefficient (Wildman–Crippen LogP) is 2.38. The van der Waals surface area contributed by atoms with Crippen molar-refractivity contribution in [2.75, 3.05) is 20.1 Å². The highest BCUT2D eigenvalue weighted by molar-refractivity contribution is 7.09. The van der Waals surface area contributed by atoms with Crippen LogP contribution in [0.15, 0.2) is 41.0 Å². The van der Waals surface area contributed by atoms with E-state index in [1.165, 1.54) is 4.88 Å². The maximum absolute atomic E-state index is 4.27. The van der Waals surface area contributed by atoms with Crippen LogP contribution in [0.25, 0.3) is 0 Å². The van der Waals surface area contributed by atoms with E-state index in [1.54, 1.807) is 0 Å². The fraction of sp³-hybridized carbons (Fsp3) is 0.500. The summed E-state index contributed by atoms with van der Waals surface area (Å²) in [5.74, 6) is 1.46. The van der Waals surface area contributed by atoms with Crippen LogP contribution < -0.4 is 10.6 Å². The van der Waals surface area contributed by atoms with Crippen LogP contribution in [0.2, 0.25) is 0 Å². The summed E-state index contributed by atoms with van der Waals surface area (Å²) in [4.78, 5) is 5.71. The van der Waals surface area contributed by atoms with Crippen LogP contribution in [0.1, 0.15) is 18.2 Å². The van der Waals surface area contributed by atoms with Crippen molar-refractivity contribution in [3.05, 3.63) is 40.8 Å². The van der Waals surface area contributed by atoms with E-state index in [0.717, 1.165) is 38.4 Å². The Bertz CT molecular complexity index is 533. The molecule has 2 rings (SSSR count). The van der Waals surface area contributed by atoms with Gasteiger partial charge in [-0.15, -0.1) is 11.3 Å². The zero-order chi connectivity index (χ0) is 15.6. The third kappa shape index (κ3) is 5.89. The number of hydrogen-bond donors (Lipinski definition) is 2. The normalized spacial score (nSPS) is 13.1. The summed E-state index contributed by atoms with van der Waals surface area (Å²) in [5, 5.41) is 13.1. The highest BCUT2D eigenvalue weighted by atomic mass is 32.1. The van der Waals surface area contributed by atoms with Crippen molar-refractivity contribution < 1.29 is 0 Å². The summed E-state index contributed by atoms with van der Waals surface area (Å²) in [6.07, 6.45) is 5.93. The number of hydrogen-bond acceptors (Lipinski definition) is 3. The third-order valence-electron chi connectivity index (χ3n) is 3.39. The Morgan fingerprint density at radius 3 is 3.00 bits per heavy atom. The molecule has 0 saturated heterocycles. The van der Waals surface area contributed by atoms with E-state index < -0.39 is 0 Å². The van der Waals surface area contributed by atoms with Gasteiger partial charge in [0.15, 0.2) is 5.96 Å². The van der Waals surface area contributed by atoms with E-state index in [9.17, 15) is 0 Å². The Morgan fingerprint density at radius 2 is 2.32 bits per heavy atom. The molecule has 6 heteroatoms. The van der Waals surface area contributed by atoms with Crippen LogP contribution in [0.3, 0.4) is 0 Å². The molecule has 5 nitrogen and oxygen atoms in total. The maximum Gasteiger partial charge on any atom is 0.190 e. The van der Waals surface area contributed by atoms with Gasteiger partial charge in [-0.25, -0.2) is 0 Å². The molecule has 120 valence electrons. The SMILES string of the molecule is CN=C(NCCCn1cccn1)NCC(C)Cc1cccs1. The first-order chi connectivity index (χ1) is 10.8. The second kappa shape index (κ2) is 9.25. The zero-order valence-corrected chi connectivity index (χ0v) is 14.1. The number of aromatic nitrogens is 2. The standard InChI is InChI=1S/C16H25N5S/c1-14(12-15-6-3-11-22-15)13-19-16(17-2)18-7-4-9-21-10-5-8-20-21/h3,5-6,8,10-11,14H,4,7,9,12-13H2,1-2H3,(H2,17,18,19). The summed E-state index contributed by atoms with van der Waals surface area (Å²) >= 11 is 1.82. The smallest absolute Gasteiger partial charge is 0.190 e. The molecule has 0 aromatic carbocycles. The summed E-state index contributed by atoms with van der Waals surface area (Å²) in [6.45, 7) is 5.00. The van der Waals surface area contributed by atoms with E-state index >= 15 is 0 Å². The van der Waals surface area contributed by atoms with E-state index in [2.05, 4.69) is 45.2 Å². The predicted molar refractivity (Wildman–Crippen MR) is 93.4 cm³/mol. The molecule has 1 atom stereocenters. The van der Waals surface area contributed by atoms with Gasteiger partial charge in [0, 0.05) is 44.0 Å². The molecule has 0 aliphatic rings. The number of aryl methyl sites for hydroxylation is 1. The lowest BCUT2D eigenvalue weighted by molar-refractivity contribution is 0.551. The molecular weight excluding hydrogens is 294 g/mol. The van der Waals surface area contributed by atoms with Gasteiger partial charge in [-0.05, 0) is 36.3 Å². The molecule has 0 fully saturated rings. The molecule has 0 amide bonds. The van der Waals surface area contributed by atoms with Crippen LogP contribution in [0, 0.1) is 5.92 Å². The molecule has 0 radical (unpaired) electrons. The quantitative estimate of drug-likeness (QED) is 0.446. The minimum absolute atomic E-state index is 0.585. The van der Waals surface area contributed by atoms with Gasteiger partial charge in [0.1, 0.15) is 0 Å². The number of thiophene rings is 1. The van der Waals surface area contributed by atoms with E-state index in [4.69, 9.17) is 0 Å². The Morgan fingerprint density at radius 1 is 1.41 bits per heavy atom. The van der Waals surface area contributed by atoms with Gasteiger partial charge in [-0.2, -0.15) is 5.10 Å². The largest absolute Gasteiger partial charge is 0.356 e. The van der Waals surface area contributed by atoms with Gasteiger partial charge in [0.2, 0.25) is 0 Å². The average Bonchev–Trinajstić information content (AvgIpc) is 3.20. The van der Waals surface area contributed by atoms with Crippen molar-refractivity contribution in [3.63, 3.8) is 0 Å². The van der Waals surface area contributed by atoms with E-state index in [0.29, 0.717) is 5.92 Å². The molecule has 2 aromatic rings. The minimum Gasteiger partial charge on any atom is -0.356 e. The third-order valence-corrected chi connectivity index (χ3v) is 4.29. The van der Waals surface area contributed by atoms with Crippen LogP contribution in [0.5, 0.6) is 0 Å². The summed E-state index contributed by atoms with van der Waals surface area (Å²) in [6, 6.07) is 6.26. The van der Waals surface area contributed by atoms with Gasteiger partial charge in [0.05, 0.1) is 0 Å². The van der Waals surface area contributed by atoms with Crippen molar-refractivity contribution in [1.29, 1.82) is 0 Å². The minimum atomic E-state index is 0.585. The number of guanidine groups is 1. The first-order valence-corrected chi connectivity index (χ1v) is 8.60. The highest BCUT2D eigenvalue weighted by Gasteiger charge is 2.06. The molecule has 2 aromatic heterocycles. The molecule has 22 heavy (non-hydrogen) atoms. The lowest BCUT2D eigenvalue weighted by Crippen LogP contribution is -2.40. The molecular formula is C16H25N5S. The van der Waals surface area contributed by atoms with Crippen LogP contribution in [0.4, 0.5) is 0 Å². The van der Waals surface area contributed by atoms with Crippen molar-refractivity contribution in [1.82, 2.24) is 20.4 Å². The molecule has 0 aliphatic carbocycles. The Kier molecular flexibility index (Phi) is 6.96. The molecule has 0 aliphatic heterocycles. The van der Waals surface area contributed by atoms with Crippen molar-refractivity contribution >= 4 is 17.3 Å². The molecule has 0 saturated carbocycles. The Balaban J connectivity index is 1.60. The molecule has 2 N–H and O–H groups in total. The lowest BCUT2D eigenvalue weighted by atomic mass is 10.1. The summed E-state index contributed by atoms with van der Waals surface area (Å²) in [7, 11) is 1.81. The van der Waals surface area contributed by atoms with E-state index in [-0.39, 0.29) is 0 Å². The van der Waals surface area contributed by atoms with Gasteiger partial charge >= 0.3 is 0 Å². The Labute approximate surface area is 136 Å². The number of nitrogens with zero attached hydrogens (tertiary/aromatic N) is 3. The van der Waals surface area contributed by atoms with Crippen LogP contribution in [-0.4, -0.2) is 35.9 Å². The van der Waals surface area contributed by atoms with Crippen molar-refractivity contribution in [3.8, 4) is 0 Å². The molecule has 0 spiro atoms.